The van der Waals surface area contributed by atoms with Crippen LogP contribution >= 0.6 is 0 Å². The number of H-pyrrole nitrogens is 1. The molecule has 11 heteroatoms. The molecule has 1 aliphatic heterocycles. The third-order valence-electron chi connectivity index (χ3n) is 4.80. The van der Waals surface area contributed by atoms with Crippen molar-refractivity contribution in [3.63, 3.8) is 0 Å². The highest BCUT2D eigenvalue weighted by Gasteiger charge is 2.47. The second-order valence-corrected chi connectivity index (χ2v) is 6.47. The number of nitrogens with zero attached hydrogens (tertiary/aromatic N) is 5. The number of ether oxygens (including phenoxy) is 1. The fraction of sp³-hybridized carbons (Fsp3) is 0.235. The number of aromatic amines is 1. The van der Waals surface area contributed by atoms with Gasteiger partial charge in [0.05, 0.1) is 6.20 Å². The molecule has 11 nitrogen and oxygen atoms in total. The van der Waals surface area contributed by atoms with Gasteiger partial charge < -0.3 is 14.9 Å². The summed E-state index contributed by atoms with van der Waals surface area (Å²) in [4.78, 5) is 25.4. The molecule has 0 saturated carbocycles. The third kappa shape index (κ3) is 2.37. The van der Waals surface area contributed by atoms with Crippen LogP contribution in [0.15, 0.2) is 52.3 Å². The zero-order valence-electron chi connectivity index (χ0n) is 14.2. The highest BCUT2D eigenvalue weighted by Crippen LogP contribution is 2.37. The van der Waals surface area contributed by atoms with Crippen molar-refractivity contribution in [2.75, 3.05) is 0 Å². The second kappa shape index (κ2) is 6.05. The minimum Gasteiger partial charge on any atom is -0.387 e. The lowest BCUT2D eigenvalue weighted by Gasteiger charge is -2.16. The van der Waals surface area contributed by atoms with Crippen LogP contribution in [0.2, 0.25) is 0 Å². The summed E-state index contributed by atoms with van der Waals surface area (Å²) in [6.07, 6.45) is -2.28. The van der Waals surface area contributed by atoms with E-state index in [4.69, 9.17) is 4.74 Å². The van der Waals surface area contributed by atoms with E-state index in [1.165, 1.54) is 10.7 Å². The summed E-state index contributed by atoms with van der Waals surface area (Å²) in [5, 5.41) is 35.1. The first kappa shape index (κ1) is 16.7. The first-order valence-electron chi connectivity index (χ1n) is 8.47. The molecular formula is C17H14N6O5. The van der Waals surface area contributed by atoms with Crippen molar-refractivity contribution in [2.24, 2.45) is 0 Å². The first-order chi connectivity index (χ1) is 13.5. The van der Waals surface area contributed by atoms with Gasteiger partial charge in [0.25, 0.3) is 5.56 Å². The van der Waals surface area contributed by atoms with E-state index in [9.17, 15) is 19.8 Å². The summed E-state index contributed by atoms with van der Waals surface area (Å²) in [6, 6.07) is 8.62. The largest absolute Gasteiger partial charge is 0.387 e. The minimum absolute atomic E-state index is 0.187. The summed E-state index contributed by atoms with van der Waals surface area (Å²) in [6.45, 7) is 0. The number of nitrogens with one attached hydrogen (secondary N) is 1. The molecular weight excluding hydrogens is 368 g/mol. The number of aliphatic hydroxyl groups is 2. The van der Waals surface area contributed by atoms with Crippen molar-refractivity contribution in [2.45, 2.75) is 24.5 Å². The van der Waals surface area contributed by atoms with Crippen LogP contribution in [0, 0.1) is 0 Å². The molecule has 1 saturated heterocycles. The van der Waals surface area contributed by atoms with E-state index < -0.39 is 35.8 Å². The summed E-state index contributed by atoms with van der Waals surface area (Å²) in [5.41, 5.74) is -0.868. The number of aliphatic hydroxyl groups excluding tert-OH is 2. The molecule has 4 atom stereocenters. The minimum atomic E-state index is -1.43. The van der Waals surface area contributed by atoms with Gasteiger partial charge in [0.1, 0.15) is 12.2 Å². The number of aromatic nitrogens is 6. The Bertz CT molecular complexity index is 1310. The SMILES string of the molecule is O=c1ccn([C@@H]2O[C@H](c3nnc4c5ccccc5cnn34)[C@@H](O)[C@H]2O)c(=O)[nH]1. The quantitative estimate of drug-likeness (QED) is 0.405. The lowest BCUT2D eigenvalue weighted by atomic mass is 10.1. The van der Waals surface area contributed by atoms with Crippen molar-refractivity contribution in [1.82, 2.24) is 29.4 Å². The zero-order chi connectivity index (χ0) is 19.4. The molecule has 1 aliphatic rings. The molecule has 0 amide bonds. The summed E-state index contributed by atoms with van der Waals surface area (Å²) >= 11 is 0. The highest BCUT2D eigenvalue weighted by atomic mass is 16.6. The predicted molar refractivity (Wildman–Crippen MR) is 94.5 cm³/mol. The molecule has 4 heterocycles. The Balaban J connectivity index is 1.59. The lowest BCUT2D eigenvalue weighted by Crippen LogP contribution is -2.37. The molecule has 3 N–H and O–H groups in total. The normalized spacial score (nSPS) is 24.9. The molecule has 0 aliphatic carbocycles. The standard InChI is InChI=1S/C17H14N6O5/c24-10-5-6-22(17(27)19-10)16-12(26)11(25)13(28-16)15-21-20-14-9-4-2-1-3-8(9)7-18-23(14)15/h1-7,11-13,16,25-26H,(H,19,24,27)/t11-,12+,13-,16+/m0/s1. The van der Waals surface area contributed by atoms with Crippen molar-refractivity contribution in [3.8, 4) is 0 Å². The van der Waals surface area contributed by atoms with Gasteiger partial charge in [0, 0.05) is 23.0 Å². The molecule has 0 radical (unpaired) electrons. The molecule has 0 unspecified atom stereocenters. The van der Waals surface area contributed by atoms with E-state index in [-0.39, 0.29) is 5.82 Å². The number of benzene rings is 1. The van der Waals surface area contributed by atoms with E-state index in [1.807, 2.05) is 24.3 Å². The van der Waals surface area contributed by atoms with Crippen molar-refractivity contribution < 1.29 is 14.9 Å². The van der Waals surface area contributed by atoms with E-state index in [0.717, 1.165) is 21.4 Å². The zero-order valence-corrected chi connectivity index (χ0v) is 14.2. The second-order valence-electron chi connectivity index (χ2n) is 6.47. The number of hydrogen-bond acceptors (Lipinski definition) is 8. The van der Waals surface area contributed by atoms with E-state index in [2.05, 4.69) is 20.3 Å². The van der Waals surface area contributed by atoms with Crippen LogP contribution in [-0.2, 0) is 4.74 Å². The molecule has 0 bridgehead atoms. The van der Waals surface area contributed by atoms with E-state index >= 15 is 0 Å². The van der Waals surface area contributed by atoms with Crippen LogP contribution in [0.5, 0.6) is 0 Å². The van der Waals surface area contributed by atoms with Crippen molar-refractivity contribution in [3.05, 3.63) is 69.4 Å². The Hall–Kier alpha value is -3.41. The molecule has 1 aromatic carbocycles. The fourth-order valence-electron chi connectivity index (χ4n) is 3.41. The Morgan fingerprint density at radius 3 is 2.71 bits per heavy atom. The van der Waals surface area contributed by atoms with Crippen LogP contribution < -0.4 is 11.2 Å². The van der Waals surface area contributed by atoms with Gasteiger partial charge in [0.15, 0.2) is 23.8 Å². The maximum Gasteiger partial charge on any atom is 0.330 e. The maximum absolute atomic E-state index is 12.0. The summed E-state index contributed by atoms with van der Waals surface area (Å²) < 4.78 is 8.17. The van der Waals surface area contributed by atoms with Crippen LogP contribution in [0.1, 0.15) is 18.2 Å². The molecule has 28 heavy (non-hydrogen) atoms. The van der Waals surface area contributed by atoms with Crippen LogP contribution in [-0.4, -0.2) is 51.8 Å². The average molecular weight is 382 g/mol. The summed E-state index contributed by atoms with van der Waals surface area (Å²) in [7, 11) is 0. The van der Waals surface area contributed by atoms with Crippen molar-refractivity contribution >= 4 is 16.4 Å². The smallest absolute Gasteiger partial charge is 0.330 e. The molecule has 5 rings (SSSR count). The van der Waals surface area contributed by atoms with Gasteiger partial charge in [0.2, 0.25) is 0 Å². The topological polar surface area (TPSA) is 148 Å². The van der Waals surface area contributed by atoms with Gasteiger partial charge in [-0.25, -0.2) is 4.79 Å². The molecule has 1 fully saturated rings. The van der Waals surface area contributed by atoms with Crippen molar-refractivity contribution in [1.29, 1.82) is 0 Å². The molecule has 142 valence electrons. The van der Waals surface area contributed by atoms with Gasteiger partial charge in [-0.1, -0.05) is 24.3 Å². The lowest BCUT2D eigenvalue weighted by molar-refractivity contribution is -0.0437. The Kier molecular flexibility index (Phi) is 3.62. The van der Waals surface area contributed by atoms with Gasteiger partial charge in [-0.05, 0) is 0 Å². The van der Waals surface area contributed by atoms with Crippen LogP contribution in [0.3, 0.4) is 0 Å². The Morgan fingerprint density at radius 1 is 1.07 bits per heavy atom. The number of rotatable bonds is 2. The Labute approximate surface area is 155 Å². The van der Waals surface area contributed by atoms with E-state index in [0.29, 0.717) is 5.65 Å². The average Bonchev–Trinajstić information content (AvgIpc) is 3.24. The predicted octanol–water partition coefficient (Wildman–Crippen LogP) is -0.881. The molecule has 3 aromatic heterocycles. The first-order valence-corrected chi connectivity index (χ1v) is 8.47. The van der Waals surface area contributed by atoms with Gasteiger partial charge in [-0.15, -0.1) is 10.2 Å². The van der Waals surface area contributed by atoms with Crippen LogP contribution in [0.4, 0.5) is 0 Å². The number of hydrogen-bond donors (Lipinski definition) is 3. The van der Waals surface area contributed by atoms with Gasteiger partial charge in [-0.2, -0.15) is 9.61 Å². The Morgan fingerprint density at radius 2 is 1.89 bits per heavy atom. The molecule has 4 aromatic rings. The highest BCUT2D eigenvalue weighted by molar-refractivity contribution is 5.92. The van der Waals surface area contributed by atoms with Gasteiger partial charge >= 0.3 is 5.69 Å². The van der Waals surface area contributed by atoms with Crippen LogP contribution in [0.25, 0.3) is 16.4 Å². The van der Waals surface area contributed by atoms with E-state index in [1.54, 1.807) is 6.20 Å². The maximum atomic E-state index is 12.0. The molecule has 0 spiro atoms. The van der Waals surface area contributed by atoms with Gasteiger partial charge in [-0.3, -0.25) is 14.3 Å². The monoisotopic (exact) mass is 382 g/mol. The fourth-order valence-corrected chi connectivity index (χ4v) is 3.41. The summed E-state index contributed by atoms with van der Waals surface area (Å²) in [5.74, 6) is 0.187. The number of fused-ring (bicyclic) bond motifs is 3. The third-order valence-corrected chi connectivity index (χ3v) is 4.80.